The van der Waals surface area contributed by atoms with Gasteiger partial charge in [0.05, 0.1) is 7.11 Å². The van der Waals surface area contributed by atoms with Gasteiger partial charge in [0.25, 0.3) is 0 Å². The second-order valence-electron chi connectivity index (χ2n) is 2.81. The molecule has 0 heterocycles. The van der Waals surface area contributed by atoms with Crippen molar-refractivity contribution in [3.8, 4) is 17.6 Å². The summed E-state index contributed by atoms with van der Waals surface area (Å²) in [5.41, 5.74) is 5.62. The van der Waals surface area contributed by atoms with E-state index in [1.54, 1.807) is 0 Å². The fraction of sp³-hybridized carbons (Fsp3) is 0.273. The second kappa shape index (κ2) is 5.32. The zero-order chi connectivity index (χ0) is 11.3. The van der Waals surface area contributed by atoms with Crippen molar-refractivity contribution in [3.05, 3.63) is 29.3 Å². The molecule has 2 N–H and O–H groups in total. The van der Waals surface area contributed by atoms with Crippen LogP contribution in [0.1, 0.15) is 12.0 Å². The molecule has 2 nitrogen and oxygen atoms in total. The summed E-state index contributed by atoms with van der Waals surface area (Å²) < 4.78 is 30.7. The molecule has 1 aromatic rings. The quantitative estimate of drug-likeness (QED) is 0.755. The Hall–Kier alpha value is -1.60. The van der Waals surface area contributed by atoms with Gasteiger partial charge in [-0.3, -0.25) is 0 Å². The van der Waals surface area contributed by atoms with E-state index in [1.165, 1.54) is 13.2 Å². The van der Waals surface area contributed by atoms with Gasteiger partial charge in [0.2, 0.25) is 5.82 Å². The van der Waals surface area contributed by atoms with Gasteiger partial charge in [-0.1, -0.05) is 11.8 Å². The van der Waals surface area contributed by atoms with E-state index < -0.39 is 11.6 Å². The van der Waals surface area contributed by atoms with Crippen LogP contribution in [0.2, 0.25) is 0 Å². The topological polar surface area (TPSA) is 35.2 Å². The molecular formula is C11H11F2NO. The molecule has 0 unspecified atom stereocenters. The highest BCUT2D eigenvalue weighted by molar-refractivity contribution is 5.41. The van der Waals surface area contributed by atoms with E-state index in [0.717, 1.165) is 6.07 Å². The second-order valence-corrected chi connectivity index (χ2v) is 2.81. The Balaban J connectivity index is 3.02. The summed E-state index contributed by atoms with van der Waals surface area (Å²) in [5.74, 6) is 3.29. The Bertz CT molecular complexity index is 407. The molecule has 0 fully saturated rings. The summed E-state index contributed by atoms with van der Waals surface area (Å²) in [7, 11) is 1.27. The first-order chi connectivity index (χ1) is 7.19. The minimum absolute atomic E-state index is 0.146. The molecule has 80 valence electrons. The average Bonchev–Trinajstić information content (AvgIpc) is 2.23. The first kappa shape index (κ1) is 11.5. The zero-order valence-electron chi connectivity index (χ0n) is 8.31. The van der Waals surface area contributed by atoms with Crippen LogP contribution in [0.5, 0.6) is 5.75 Å². The predicted molar refractivity (Wildman–Crippen MR) is 53.5 cm³/mol. The molecule has 0 aliphatic carbocycles. The van der Waals surface area contributed by atoms with Crippen LogP contribution in [-0.2, 0) is 0 Å². The number of rotatable bonds is 2. The number of nitrogens with two attached hydrogens (primary N) is 1. The van der Waals surface area contributed by atoms with E-state index in [9.17, 15) is 8.78 Å². The lowest BCUT2D eigenvalue weighted by Crippen LogP contribution is -1.96. The summed E-state index contributed by atoms with van der Waals surface area (Å²) >= 11 is 0. The van der Waals surface area contributed by atoms with Crippen LogP contribution in [0, 0.1) is 23.5 Å². The number of ether oxygens (including phenoxy) is 1. The summed E-state index contributed by atoms with van der Waals surface area (Å²) in [6.07, 6.45) is 0.515. The molecule has 1 aromatic carbocycles. The first-order valence-electron chi connectivity index (χ1n) is 4.41. The number of methoxy groups -OCH3 is 1. The maximum absolute atomic E-state index is 13.0. The van der Waals surface area contributed by atoms with E-state index in [-0.39, 0.29) is 5.75 Å². The summed E-state index contributed by atoms with van der Waals surface area (Å²) in [4.78, 5) is 0. The molecule has 0 saturated carbocycles. The van der Waals surface area contributed by atoms with Gasteiger partial charge in [0.1, 0.15) is 0 Å². The molecule has 0 aliphatic rings. The van der Waals surface area contributed by atoms with Gasteiger partial charge in [-0.25, -0.2) is 4.39 Å². The molecule has 0 amide bonds. The van der Waals surface area contributed by atoms with Crippen molar-refractivity contribution in [3.63, 3.8) is 0 Å². The zero-order valence-corrected chi connectivity index (χ0v) is 8.31. The molecule has 0 atom stereocenters. The lowest BCUT2D eigenvalue weighted by molar-refractivity contribution is 0.371. The summed E-state index contributed by atoms with van der Waals surface area (Å²) in [6, 6.07) is 2.38. The number of hydrogen-bond donors (Lipinski definition) is 1. The maximum atomic E-state index is 13.0. The summed E-state index contributed by atoms with van der Waals surface area (Å²) in [5, 5.41) is 0. The maximum Gasteiger partial charge on any atom is 0.200 e. The Morgan fingerprint density at radius 3 is 2.73 bits per heavy atom. The van der Waals surface area contributed by atoms with Gasteiger partial charge < -0.3 is 10.5 Å². The predicted octanol–water partition coefficient (Wildman–Crippen LogP) is 1.67. The van der Waals surface area contributed by atoms with Crippen molar-refractivity contribution in [1.82, 2.24) is 0 Å². The van der Waals surface area contributed by atoms with Crippen molar-refractivity contribution in [1.29, 1.82) is 0 Å². The van der Waals surface area contributed by atoms with Crippen molar-refractivity contribution in [2.45, 2.75) is 6.42 Å². The SMILES string of the molecule is COc1cc(C#CCCN)cc(F)c1F. The Labute approximate surface area is 87.0 Å². The average molecular weight is 211 g/mol. The molecule has 0 radical (unpaired) electrons. The smallest absolute Gasteiger partial charge is 0.200 e. The highest BCUT2D eigenvalue weighted by Gasteiger charge is 2.09. The Kier molecular flexibility index (Phi) is 4.07. The third-order valence-corrected chi connectivity index (χ3v) is 1.72. The van der Waals surface area contributed by atoms with Gasteiger partial charge in [0, 0.05) is 18.5 Å². The van der Waals surface area contributed by atoms with Crippen LogP contribution in [0.4, 0.5) is 8.78 Å². The minimum atomic E-state index is -0.998. The van der Waals surface area contributed by atoms with Crippen molar-refractivity contribution >= 4 is 0 Å². The highest BCUT2D eigenvalue weighted by Crippen LogP contribution is 2.21. The molecule has 15 heavy (non-hydrogen) atoms. The van der Waals surface area contributed by atoms with Crippen LogP contribution in [0.3, 0.4) is 0 Å². The molecule has 0 aliphatic heterocycles. The van der Waals surface area contributed by atoms with Crippen LogP contribution in [0.25, 0.3) is 0 Å². The van der Waals surface area contributed by atoms with E-state index in [1.807, 2.05) is 0 Å². The monoisotopic (exact) mass is 211 g/mol. The molecule has 0 saturated heterocycles. The molecule has 4 heteroatoms. The lowest BCUT2D eigenvalue weighted by atomic mass is 10.2. The molecule has 1 rings (SSSR count). The number of benzene rings is 1. The van der Waals surface area contributed by atoms with Gasteiger partial charge in [-0.15, -0.1) is 0 Å². The van der Waals surface area contributed by atoms with E-state index in [0.29, 0.717) is 18.5 Å². The standard InChI is InChI=1S/C11H11F2NO/c1-15-10-7-8(4-2-3-5-14)6-9(12)11(10)13/h6-7H,3,5,14H2,1H3. The van der Waals surface area contributed by atoms with Crippen LogP contribution >= 0.6 is 0 Å². The fourth-order valence-electron chi connectivity index (χ4n) is 1.02. The minimum Gasteiger partial charge on any atom is -0.494 e. The molecule has 0 aromatic heterocycles. The fourth-order valence-corrected chi connectivity index (χ4v) is 1.02. The van der Waals surface area contributed by atoms with Crippen LogP contribution in [-0.4, -0.2) is 13.7 Å². The van der Waals surface area contributed by atoms with Crippen LogP contribution < -0.4 is 10.5 Å². The van der Waals surface area contributed by atoms with Gasteiger partial charge in [-0.05, 0) is 12.1 Å². The van der Waals surface area contributed by atoms with E-state index in [4.69, 9.17) is 5.73 Å². The van der Waals surface area contributed by atoms with Crippen molar-refractivity contribution in [2.75, 3.05) is 13.7 Å². The largest absolute Gasteiger partial charge is 0.494 e. The number of hydrogen-bond acceptors (Lipinski definition) is 2. The Morgan fingerprint density at radius 2 is 2.13 bits per heavy atom. The third-order valence-electron chi connectivity index (χ3n) is 1.72. The van der Waals surface area contributed by atoms with Crippen molar-refractivity contribution in [2.24, 2.45) is 5.73 Å². The first-order valence-corrected chi connectivity index (χ1v) is 4.41. The van der Waals surface area contributed by atoms with E-state index in [2.05, 4.69) is 16.6 Å². The Morgan fingerprint density at radius 1 is 1.40 bits per heavy atom. The van der Waals surface area contributed by atoms with E-state index >= 15 is 0 Å². The lowest BCUT2D eigenvalue weighted by Gasteiger charge is -2.02. The highest BCUT2D eigenvalue weighted by atomic mass is 19.2. The molecular weight excluding hydrogens is 200 g/mol. The summed E-state index contributed by atoms with van der Waals surface area (Å²) in [6.45, 7) is 0.438. The van der Waals surface area contributed by atoms with Gasteiger partial charge in [-0.2, -0.15) is 4.39 Å². The van der Waals surface area contributed by atoms with Crippen LogP contribution in [0.15, 0.2) is 12.1 Å². The van der Waals surface area contributed by atoms with Gasteiger partial charge in [0.15, 0.2) is 11.6 Å². The third kappa shape index (κ3) is 2.93. The normalized spacial score (nSPS) is 9.33. The molecule has 0 bridgehead atoms. The van der Waals surface area contributed by atoms with Crippen molar-refractivity contribution < 1.29 is 13.5 Å². The molecule has 0 spiro atoms. The number of halogens is 2. The van der Waals surface area contributed by atoms with Gasteiger partial charge >= 0.3 is 0 Å².